The molecule has 120 valence electrons. The van der Waals surface area contributed by atoms with Gasteiger partial charge in [-0.1, -0.05) is 39.0 Å². The normalized spacial score (nSPS) is 10.6. The number of non-ortho nitro benzene ring substituents is 1. The molecule has 0 fully saturated rings. The predicted octanol–water partition coefficient (Wildman–Crippen LogP) is 4.92. The Kier molecular flexibility index (Phi) is 6.04. The third kappa shape index (κ3) is 4.26. The van der Waals surface area contributed by atoms with E-state index in [1.54, 1.807) is 12.3 Å². The van der Waals surface area contributed by atoms with Crippen molar-refractivity contribution in [1.29, 1.82) is 5.26 Å². The maximum Gasteiger partial charge on any atom is 0.270 e. The van der Waals surface area contributed by atoms with Gasteiger partial charge in [0.05, 0.1) is 16.0 Å². The lowest BCUT2D eigenvalue weighted by atomic mass is 9.97. The van der Waals surface area contributed by atoms with E-state index in [2.05, 4.69) is 18.0 Å². The summed E-state index contributed by atoms with van der Waals surface area (Å²) in [7, 11) is 0. The summed E-state index contributed by atoms with van der Waals surface area (Å²) in [5, 5.41) is 21.0. The van der Waals surface area contributed by atoms with Gasteiger partial charge in [-0.25, -0.2) is 0 Å². The summed E-state index contributed by atoms with van der Waals surface area (Å²) < 4.78 is 0. The molecule has 1 heterocycles. The molecule has 0 saturated heterocycles. The van der Waals surface area contributed by atoms with E-state index in [1.165, 1.54) is 37.8 Å². The van der Waals surface area contributed by atoms with E-state index >= 15 is 0 Å². The molecule has 23 heavy (non-hydrogen) atoms. The summed E-state index contributed by atoms with van der Waals surface area (Å²) in [5.74, 6) is 0. The topological polar surface area (TPSA) is 79.8 Å². The van der Waals surface area contributed by atoms with Gasteiger partial charge in [-0.2, -0.15) is 5.26 Å². The Labute approximate surface area is 136 Å². The molecule has 0 amide bonds. The van der Waals surface area contributed by atoms with Crippen LogP contribution in [0.4, 0.5) is 5.69 Å². The molecule has 1 aromatic carbocycles. The third-order valence-corrected chi connectivity index (χ3v) is 4.07. The molecule has 1 aromatic heterocycles. The number of aryl methyl sites for hydroxylation is 1. The molecular formula is C18H21N3O2. The number of nitrogens with zero attached hydrogens (tertiary/aromatic N) is 3. The van der Waals surface area contributed by atoms with Gasteiger partial charge in [0.2, 0.25) is 0 Å². The fraction of sp³-hybridized carbons (Fsp3) is 0.444. The third-order valence-electron chi connectivity index (χ3n) is 4.07. The molecule has 0 aliphatic rings. The van der Waals surface area contributed by atoms with Crippen molar-refractivity contribution in [2.45, 2.75) is 51.9 Å². The number of nitriles is 1. The molecule has 5 nitrogen and oxygen atoms in total. The highest BCUT2D eigenvalue weighted by molar-refractivity contribution is 5.86. The molecule has 0 radical (unpaired) electrons. The Bertz CT molecular complexity index is 735. The van der Waals surface area contributed by atoms with Crippen LogP contribution >= 0.6 is 0 Å². The first kappa shape index (κ1) is 16.9. The second-order valence-electron chi connectivity index (χ2n) is 5.74. The second kappa shape index (κ2) is 8.23. The van der Waals surface area contributed by atoms with Crippen LogP contribution in [-0.4, -0.2) is 9.91 Å². The zero-order valence-corrected chi connectivity index (χ0v) is 13.4. The molecule has 0 atom stereocenters. The van der Waals surface area contributed by atoms with Gasteiger partial charge in [0, 0.05) is 23.7 Å². The quantitative estimate of drug-likeness (QED) is 0.394. The second-order valence-corrected chi connectivity index (χ2v) is 5.74. The van der Waals surface area contributed by atoms with Crippen molar-refractivity contribution in [2.75, 3.05) is 0 Å². The van der Waals surface area contributed by atoms with Crippen molar-refractivity contribution in [3.63, 3.8) is 0 Å². The Morgan fingerprint density at radius 2 is 1.96 bits per heavy atom. The summed E-state index contributed by atoms with van der Waals surface area (Å²) in [6, 6.07) is 6.81. The van der Waals surface area contributed by atoms with Gasteiger partial charge in [-0.05, 0) is 24.5 Å². The van der Waals surface area contributed by atoms with Gasteiger partial charge in [0.1, 0.15) is 6.07 Å². The molecule has 2 aromatic rings. The monoisotopic (exact) mass is 311 g/mol. The number of fused-ring (bicyclic) bond motifs is 1. The van der Waals surface area contributed by atoms with E-state index in [4.69, 9.17) is 0 Å². The number of aromatic nitrogens is 1. The minimum atomic E-state index is -0.410. The number of rotatable bonds is 8. The molecule has 0 bridgehead atoms. The average Bonchev–Trinajstić information content (AvgIpc) is 2.57. The minimum Gasteiger partial charge on any atom is -0.258 e. The van der Waals surface area contributed by atoms with Gasteiger partial charge in [0.25, 0.3) is 5.69 Å². The van der Waals surface area contributed by atoms with Gasteiger partial charge in [-0.3, -0.25) is 15.1 Å². The van der Waals surface area contributed by atoms with E-state index in [-0.39, 0.29) is 5.69 Å². The fourth-order valence-corrected chi connectivity index (χ4v) is 2.80. The SMILES string of the molecule is CCCCCCCCc1c(C#N)cnc2ccc([N+](=O)[O-])cc12. The standard InChI is InChI=1S/C18H21N3O2/c1-2-3-4-5-6-7-8-16-14(12-19)13-20-18-10-9-15(21(22)23)11-17(16)18/h9-11,13H,2-8H2,1H3. The maximum atomic E-state index is 11.0. The highest BCUT2D eigenvalue weighted by Crippen LogP contribution is 2.26. The van der Waals surface area contributed by atoms with Gasteiger partial charge in [-0.15, -0.1) is 0 Å². The Balaban J connectivity index is 2.23. The van der Waals surface area contributed by atoms with Crippen LogP contribution in [0.15, 0.2) is 24.4 Å². The van der Waals surface area contributed by atoms with Crippen molar-refractivity contribution in [2.24, 2.45) is 0 Å². The molecule has 0 saturated carbocycles. The van der Waals surface area contributed by atoms with Gasteiger partial charge < -0.3 is 0 Å². The number of hydrogen-bond donors (Lipinski definition) is 0. The first-order valence-corrected chi connectivity index (χ1v) is 8.13. The maximum absolute atomic E-state index is 11.0. The number of unbranched alkanes of at least 4 members (excludes halogenated alkanes) is 5. The number of pyridine rings is 1. The lowest BCUT2D eigenvalue weighted by molar-refractivity contribution is -0.384. The van der Waals surface area contributed by atoms with Crippen LogP contribution in [0.25, 0.3) is 10.9 Å². The summed E-state index contributed by atoms with van der Waals surface area (Å²) in [6.45, 7) is 2.19. The Morgan fingerprint density at radius 3 is 2.65 bits per heavy atom. The molecule has 0 unspecified atom stereocenters. The molecule has 2 rings (SSSR count). The van der Waals surface area contributed by atoms with Crippen LogP contribution in [0.3, 0.4) is 0 Å². The van der Waals surface area contributed by atoms with Crippen LogP contribution < -0.4 is 0 Å². The molecule has 0 aliphatic carbocycles. The minimum absolute atomic E-state index is 0.0404. The number of nitro groups is 1. The van der Waals surface area contributed by atoms with Crippen LogP contribution in [0.5, 0.6) is 0 Å². The number of benzene rings is 1. The summed E-state index contributed by atoms with van der Waals surface area (Å²) in [6.07, 6.45) is 9.34. The molecular weight excluding hydrogens is 290 g/mol. The Hall–Kier alpha value is -2.48. The van der Waals surface area contributed by atoms with E-state index < -0.39 is 4.92 Å². The highest BCUT2D eigenvalue weighted by Gasteiger charge is 2.13. The largest absolute Gasteiger partial charge is 0.270 e. The first-order valence-electron chi connectivity index (χ1n) is 8.13. The fourth-order valence-electron chi connectivity index (χ4n) is 2.80. The smallest absolute Gasteiger partial charge is 0.258 e. The van der Waals surface area contributed by atoms with Gasteiger partial charge >= 0.3 is 0 Å². The number of nitro benzene ring substituents is 1. The number of hydrogen-bond acceptors (Lipinski definition) is 4. The molecule has 0 spiro atoms. The van der Waals surface area contributed by atoms with Gasteiger partial charge in [0.15, 0.2) is 0 Å². The zero-order chi connectivity index (χ0) is 16.7. The lowest BCUT2D eigenvalue weighted by Crippen LogP contribution is -1.97. The molecule has 0 N–H and O–H groups in total. The predicted molar refractivity (Wildman–Crippen MR) is 90.2 cm³/mol. The summed E-state index contributed by atoms with van der Waals surface area (Å²) in [4.78, 5) is 14.8. The van der Waals surface area contributed by atoms with Crippen molar-refractivity contribution in [3.8, 4) is 6.07 Å². The van der Waals surface area contributed by atoms with Crippen LogP contribution in [0, 0.1) is 21.4 Å². The van der Waals surface area contributed by atoms with Crippen LogP contribution in [0.1, 0.15) is 56.6 Å². The molecule has 0 aliphatic heterocycles. The highest BCUT2D eigenvalue weighted by atomic mass is 16.6. The van der Waals surface area contributed by atoms with Crippen molar-refractivity contribution in [1.82, 2.24) is 4.98 Å². The van der Waals surface area contributed by atoms with E-state index in [1.807, 2.05) is 0 Å². The van der Waals surface area contributed by atoms with E-state index in [0.29, 0.717) is 11.1 Å². The van der Waals surface area contributed by atoms with E-state index in [0.717, 1.165) is 30.2 Å². The average molecular weight is 311 g/mol. The van der Waals surface area contributed by atoms with Crippen LogP contribution in [-0.2, 0) is 6.42 Å². The van der Waals surface area contributed by atoms with Crippen LogP contribution in [0.2, 0.25) is 0 Å². The van der Waals surface area contributed by atoms with Crippen molar-refractivity contribution < 1.29 is 4.92 Å². The van der Waals surface area contributed by atoms with Crippen molar-refractivity contribution in [3.05, 3.63) is 45.6 Å². The van der Waals surface area contributed by atoms with E-state index in [9.17, 15) is 15.4 Å². The Morgan fingerprint density at radius 1 is 1.22 bits per heavy atom. The lowest BCUT2D eigenvalue weighted by Gasteiger charge is -2.08. The summed E-state index contributed by atoms with van der Waals surface area (Å²) >= 11 is 0. The summed E-state index contributed by atoms with van der Waals surface area (Å²) in [5.41, 5.74) is 2.15. The first-order chi connectivity index (χ1) is 11.2. The molecule has 5 heteroatoms. The van der Waals surface area contributed by atoms with Crippen molar-refractivity contribution >= 4 is 16.6 Å². The zero-order valence-electron chi connectivity index (χ0n) is 13.4.